The zero-order valence-corrected chi connectivity index (χ0v) is 12.5. The van der Waals surface area contributed by atoms with Crippen LogP contribution in [-0.2, 0) is 9.84 Å². The highest BCUT2D eigenvalue weighted by molar-refractivity contribution is 7.91. The van der Waals surface area contributed by atoms with Crippen LogP contribution in [-0.4, -0.2) is 43.2 Å². The highest BCUT2D eigenvalue weighted by Crippen LogP contribution is 2.13. The van der Waals surface area contributed by atoms with Crippen molar-refractivity contribution in [1.82, 2.24) is 15.5 Å². The highest BCUT2D eigenvalue weighted by Gasteiger charge is 2.13. The van der Waals surface area contributed by atoms with Gasteiger partial charge in [-0.1, -0.05) is 18.9 Å². The van der Waals surface area contributed by atoms with Gasteiger partial charge in [-0.25, -0.2) is 8.42 Å². The summed E-state index contributed by atoms with van der Waals surface area (Å²) in [6.07, 6.45) is 1.03. The van der Waals surface area contributed by atoms with Crippen LogP contribution in [0.2, 0.25) is 0 Å². The fourth-order valence-corrected chi connectivity index (χ4v) is 2.09. The number of anilines is 1. The molecule has 8 heteroatoms. The number of rotatable bonds is 9. The first-order valence-corrected chi connectivity index (χ1v) is 8.31. The minimum absolute atomic E-state index is 0.0117. The number of nitrogens with one attached hydrogen (secondary N) is 2. The first-order chi connectivity index (χ1) is 8.98. The maximum Gasteiger partial charge on any atom is 0.315 e. The van der Waals surface area contributed by atoms with E-state index in [0.29, 0.717) is 5.89 Å². The second-order valence-electron chi connectivity index (χ2n) is 4.28. The molecule has 0 aromatic carbocycles. The minimum atomic E-state index is -2.98. The Bertz CT molecular complexity index is 472. The number of aromatic nitrogens is 2. The molecule has 110 valence electrons. The van der Waals surface area contributed by atoms with Gasteiger partial charge in [-0.3, -0.25) is 0 Å². The molecule has 0 saturated heterocycles. The standard InChI is InChI=1S/C11H22N4O3S/c1-4-6-12-9(3)10-14-15-11(18-10)13-7-8-19(16,17)5-2/h9,12H,4-8H2,1-3H3,(H,13,15). The quantitative estimate of drug-likeness (QED) is 0.699. The van der Waals surface area contributed by atoms with Crippen molar-refractivity contribution in [3.05, 3.63) is 5.89 Å². The maximum atomic E-state index is 11.3. The van der Waals surface area contributed by atoms with E-state index in [2.05, 4.69) is 27.8 Å². The molecular formula is C11H22N4O3S. The molecule has 1 aromatic rings. The van der Waals surface area contributed by atoms with E-state index in [1.54, 1.807) is 6.92 Å². The van der Waals surface area contributed by atoms with Gasteiger partial charge in [-0.05, 0) is 19.9 Å². The van der Waals surface area contributed by atoms with Crippen molar-refractivity contribution in [1.29, 1.82) is 0 Å². The van der Waals surface area contributed by atoms with Gasteiger partial charge in [-0.15, -0.1) is 5.10 Å². The largest absolute Gasteiger partial charge is 0.406 e. The van der Waals surface area contributed by atoms with Crippen LogP contribution in [0, 0.1) is 0 Å². The van der Waals surface area contributed by atoms with Gasteiger partial charge in [0.05, 0.1) is 11.8 Å². The van der Waals surface area contributed by atoms with Crippen LogP contribution < -0.4 is 10.6 Å². The third-order valence-corrected chi connectivity index (χ3v) is 4.35. The molecule has 0 amide bonds. The molecule has 2 N–H and O–H groups in total. The lowest BCUT2D eigenvalue weighted by molar-refractivity contribution is 0.423. The number of hydrogen-bond acceptors (Lipinski definition) is 7. The third-order valence-electron chi connectivity index (χ3n) is 2.64. The summed E-state index contributed by atoms with van der Waals surface area (Å²) >= 11 is 0. The predicted molar refractivity (Wildman–Crippen MR) is 73.8 cm³/mol. The molecule has 0 radical (unpaired) electrons. The van der Waals surface area contributed by atoms with Crippen LogP contribution in [0.25, 0.3) is 0 Å². The molecule has 0 fully saturated rings. The second kappa shape index (κ2) is 7.44. The highest BCUT2D eigenvalue weighted by atomic mass is 32.2. The summed E-state index contributed by atoms with van der Waals surface area (Å²) in [7, 11) is -2.98. The molecule has 19 heavy (non-hydrogen) atoms. The van der Waals surface area contributed by atoms with Crippen molar-refractivity contribution in [2.45, 2.75) is 33.2 Å². The summed E-state index contributed by atoms with van der Waals surface area (Å²) in [5.74, 6) is 0.696. The van der Waals surface area contributed by atoms with E-state index in [1.807, 2.05) is 6.92 Å². The Morgan fingerprint density at radius 2 is 2.00 bits per heavy atom. The van der Waals surface area contributed by atoms with Crippen LogP contribution in [0.4, 0.5) is 6.01 Å². The lowest BCUT2D eigenvalue weighted by atomic mass is 10.3. The molecule has 0 spiro atoms. The fraction of sp³-hybridized carbons (Fsp3) is 0.818. The molecular weight excluding hydrogens is 268 g/mol. The topological polar surface area (TPSA) is 97.1 Å². The SMILES string of the molecule is CCCNC(C)c1nnc(NCCS(=O)(=O)CC)o1. The van der Waals surface area contributed by atoms with Gasteiger partial charge in [0.15, 0.2) is 9.84 Å². The summed E-state index contributed by atoms with van der Waals surface area (Å²) < 4.78 is 28.0. The summed E-state index contributed by atoms with van der Waals surface area (Å²) in [5.41, 5.74) is 0. The van der Waals surface area contributed by atoms with Gasteiger partial charge in [0.2, 0.25) is 5.89 Å². The van der Waals surface area contributed by atoms with Crippen molar-refractivity contribution in [3.8, 4) is 0 Å². The smallest absolute Gasteiger partial charge is 0.315 e. The van der Waals surface area contributed by atoms with E-state index in [4.69, 9.17) is 4.42 Å². The van der Waals surface area contributed by atoms with Crippen molar-refractivity contribution in [2.24, 2.45) is 0 Å². The van der Waals surface area contributed by atoms with Gasteiger partial charge in [0.25, 0.3) is 0 Å². The molecule has 1 unspecified atom stereocenters. The molecule has 7 nitrogen and oxygen atoms in total. The van der Waals surface area contributed by atoms with Crippen LogP contribution in [0.1, 0.15) is 39.1 Å². The number of nitrogens with zero attached hydrogens (tertiary/aromatic N) is 2. The lowest BCUT2D eigenvalue weighted by Gasteiger charge is -2.07. The van der Waals surface area contributed by atoms with Gasteiger partial charge in [0, 0.05) is 12.3 Å². The van der Waals surface area contributed by atoms with Gasteiger partial charge in [0.1, 0.15) is 0 Å². The van der Waals surface area contributed by atoms with Crippen LogP contribution >= 0.6 is 0 Å². The van der Waals surface area contributed by atoms with E-state index in [1.165, 1.54) is 0 Å². The van der Waals surface area contributed by atoms with Gasteiger partial charge >= 0.3 is 6.01 Å². The normalized spacial score (nSPS) is 13.4. The second-order valence-corrected chi connectivity index (χ2v) is 6.76. The lowest BCUT2D eigenvalue weighted by Crippen LogP contribution is -2.19. The van der Waals surface area contributed by atoms with Crippen molar-refractivity contribution in [3.63, 3.8) is 0 Å². The first kappa shape index (κ1) is 15.9. The third kappa shape index (κ3) is 5.56. The van der Waals surface area contributed by atoms with Crippen molar-refractivity contribution < 1.29 is 12.8 Å². The molecule has 0 aliphatic heterocycles. The Morgan fingerprint density at radius 1 is 1.26 bits per heavy atom. The van der Waals surface area contributed by atoms with Crippen LogP contribution in [0.5, 0.6) is 0 Å². The van der Waals surface area contributed by atoms with Gasteiger partial charge < -0.3 is 15.1 Å². The Hall–Kier alpha value is -1.15. The number of sulfone groups is 1. The Balaban J connectivity index is 2.42. The zero-order valence-electron chi connectivity index (χ0n) is 11.6. The fourth-order valence-electron chi connectivity index (χ4n) is 1.39. The maximum absolute atomic E-state index is 11.3. The Labute approximate surface area is 114 Å². The van der Waals surface area contributed by atoms with Crippen LogP contribution in [0.3, 0.4) is 0 Å². The first-order valence-electron chi connectivity index (χ1n) is 6.49. The zero-order chi connectivity index (χ0) is 14.3. The van der Waals surface area contributed by atoms with E-state index in [0.717, 1.165) is 13.0 Å². The van der Waals surface area contributed by atoms with Crippen molar-refractivity contribution in [2.75, 3.05) is 29.9 Å². The van der Waals surface area contributed by atoms with Crippen molar-refractivity contribution >= 4 is 15.9 Å². The molecule has 0 aliphatic carbocycles. The van der Waals surface area contributed by atoms with E-state index >= 15 is 0 Å². The van der Waals surface area contributed by atoms with E-state index in [9.17, 15) is 8.42 Å². The average molecular weight is 290 g/mol. The Morgan fingerprint density at radius 3 is 2.63 bits per heavy atom. The Kier molecular flexibility index (Phi) is 6.23. The van der Waals surface area contributed by atoms with Gasteiger partial charge in [-0.2, -0.15) is 0 Å². The summed E-state index contributed by atoms with van der Waals surface area (Å²) in [6.45, 7) is 6.79. The molecule has 0 saturated carbocycles. The summed E-state index contributed by atoms with van der Waals surface area (Å²) in [5, 5.41) is 13.8. The average Bonchev–Trinajstić information content (AvgIpc) is 2.84. The molecule has 1 aromatic heterocycles. The summed E-state index contributed by atoms with van der Waals surface area (Å²) in [6, 6.07) is 0.244. The predicted octanol–water partition coefficient (Wildman–Crippen LogP) is 0.977. The van der Waals surface area contributed by atoms with E-state index < -0.39 is 9.84 Å². The monoisotopic (exact) mass is 290 g/mol. The minimum Gasteiger partial charge on any atom is -0.406 e. The molecule has 1 rings (SSSR count). The molecule has 0 aliphatic rings. The molecule has 1 heterocycles. The van der Waals surface area contributed by atoms with E-state index in [-0.39, 0.29) is 30.1 Å². The molecule has 1 atom stereocenters. The number of hydrogen-bond donors (Lipinski definition) is 2. The molecule has 0 bridgehead atoms. The summed E-state index contributed by atoms with van der Waals surface area (Å²) in [4.78, 5) is 0. The van der Waals surface area contributed by atoms with Crippen LogP contribution in [0.15, 0.2) is 4.42 Å².